The molecule has 0 unspecified atom stereocenters. The van der Waals surface area contributed by atoms with Gasteiger partial charge in [-0.1, -0.05) is 36.4 Å². The molecule has 3 rings (SSSR count). The summed E-state index contributed by atoms with van der Waals surface area (Å²) in [4.78, 5) is 13.3. The van der Waals surface area contributed by atoms with Gasteiger partial charge >= 0.3 is 0 Å². The zero-order chi connectivity index (χ0) is 17.3. The van der Waals surface area contributed by atoms with Crippen molar-refractivity contribution in [2.24, 2.45) is 10.7 Å². The molecule has 0 saturated carbocycles. The zero-order valence-electron chi connectivity index (χ0n) is 14.3. The van der Waals surface area contributed by atoms with E-state index in [0.29, 0.717) is 12.5 Å². The summed E-state index contributed by atoms with van der Waals surface area (Å²) in [7, 11) is 0. The topological polar surface area (TPSA) is 76.2 Å². The van der Waals surface area contributed by atoms with E-state index in [9.17, 15) is 0 Å². The maximum Gasteiger partial charge on any atom is 0.188 e. The Labute approximate surface area is 174 Å². The largest absolute Gasteiger partial charge is 0.370 e. The summed E-state index contributed by atoms with van der Waals surface area (Å²) < 4.78 is 0. The molecule has 0 aliphatic heterocycles. The van der Waals surface area contributed by atoms with Gasteiger partial charge in [0.1, 0.15) is 5.01 Å². The van der Waals surface area contributed by atoms with E-state index in [1.807, 2.05) is 36.4 Å². The number of hydrogen-bond acceptors (Lipinski definition) is 4. The highest BCUT2D eigenvalue weighted by molar-refractivity contribution is 14.0. The molecule has 0 aliphatic carbocycles. The predicted molar refractivity (Wildman–Crippen MR) is 119 cm³/mol. The van der Waals surface area contributed by atoms with Crippen LogP contribution in [0.25, 0.3) is 10.6 Å². The molecule has 0 radical (unpaired) electrons. The maximum absolute atomic E-state index is 5.90. The molecule has 0 aliphatic rings. The number of aromatic nitrogens is 2. The molecular formula is C19H22IN5S. The summed E-state index contributed by atoms with van der Waals surface area (Å²) in [5.41, 5.74) is 9.14. The minimum Gasteiger partial charge on any atom is -0.370 e. The molecule has 1 aromatic carbocycles. The minimum absolute atomic E-state index is 0. The van der Waals surface area contributed by atoms with Gasteiger partial charge in [-0.25, -0.2) is 4.98 Å². The quantitative estimate of drug-likeness (QED) is 0.309. The van der Waals surface area contributed by atoms with Crippen molar-refractivity contribution in [3.05, 3.63) is 71.5 Å². The third kappa shape index (κ3) is 6.38. The van der Waals surface area contributed by atoms with E-state index in [2.05, 4.69) is 37.8 Å². The lowest BCUT2D eigenvalue weighted by Gasteiger charge is -2.04. The monoisotopic (exact) mass is 479 g/mol. The van der Waals surface area contributed by atoms with Gasteiger partial charge in [0.25, 0.3) is 0 Å². The van der Waals surface area contributed by atoms with E-state index in [4.69, 9.17) is 5.73 Å². The number of nitrogens with one attached hydrogen (secondary N) is 1. The van der Waals surface area contributed by atoms with Crippen LogP contribution >= 0.6 is 35.3 Å². The molecule has 7 heteroatoms. The lowest BCUT2D eigenvalue weighted by Crippen LogP contribution is -2.33. The number of pyridine rings is 1. The van der Waals surface area contributed by atoms with Gasteiger partial charge in [-0.15, -0.1) is 35.3 Å². The Morgan fingerprint density at radius 3 is 2.62 bits per heavy atom. The molecule has 3 N–H and O–H groups in total. The van der Waals surface area contributed by atoms with E-state index in [-0.39, 0.29) is 24.0 Å². The number of nitrogens with two attached hydrogens (primary N) is 1. The minimum atomic E-state index is 0. The molecule has 0 amide bonds. The Morgan fingerprint density at radius 2 is 1.85 bits per heavy atom. The zero-order valence-corrected chi connectivity index (χ0v) is 17.5. The fourth-order valence-corrected chi connectivity index (χ4v) is 3.21. The van der Waals surface area contributed by atoms with Crippen LogP contribution in [0.2, 0.25) is 0 Å². The van der Waals surface area contributed by atoms with Crippen LogP contribution in [-0.2, 0) is 12.8 Å². The SMILES string of the molecule is I.NC(=NCCc1ccccn1)NCCc1csc(-c2ccccc2)n1. The van der Waals surface area contributed by atoms with Crippen molar-refractivity contribution in [1.82, 2.24) is 15.3 Å². The number of benzene rings is 1. The van der Waals surface area contributed by atoms with Crippen molar-refractivity contribution < 1.29 is 0 Å². The van der Waals surface area contributed by atoms with Crippen LogP contribution in [0.15, 0.2) is 65.1 Å². The number of thiazole rings is 1. The number of halogens is 1. The Balaban J connectivity index is 0.00000243. The van der Waals surface area contributed by atoms with Crippen molar-refractivity contribution >= 4 is 41.3 Å². The van der Waals surface area contributed by atoms with E-state index < -0.39 is 0 Å². The van der Waals surface area contributed by atoms with Crippen LogP contribution in [0, 0.1) is 0 Å². The second-order valence-corrected chi connectivity index (χ2v) is 6.38. The number of hydrogen-bond donors (Lipinski definition) is 2. The first kappa shape index (κ1) is 20.3. The van der Waals surface area contributed by atoms with Crippen LogP contribution in [0.3, 0.4) is 0 Å². The molecule has 3 aromatic rings. The van der Waals surface area contributed by atoms with Crippen LogP contribution in [-0.4, -0.2) is 29.0 Å². The van der Waals surface area contributed by atoms with Crippen LogP contribution in [0.5, 0.6) is 0 Å². The first-order valence-corrected chi connectivity index (χ1v) is 9.13. The molecule has 0 atom stereocenters. The van der Waals surface area contributed by atoms with Gasteiger partial charge in [0.15, 0.2) is 5.96 Å². The van der Waals surface area contributed by atoms with Crippen LogP contribution in [0.4, 0.5) is 0 Å². The van der Waals surface area contributed by atoms with Crippen LogP contribution in [0.1, 0.15) is 11.4 Å². The average Bonchev–Trinajstić information content (AvgIpc) is 3.12. The highest BCUT2D eigenvalue weighted by atomic mass is 127. The summed E-state index contributed by atoms with van der Waals surface area (Å²) in [6, 6.07) is 16.1. The van der Waals surface area contributed by atoms with Gasteiger partial charge in [-0.2, -0.15) is 0 Å². The van der Waals surface area contributed by atoms with E-state index >= 15 is 0 Å². The van der Waals surface area contributed by atoms with Gasteiger partial charge in [-0.05, 0) is 12.1 Å². The first-order valence-electron chi connectivity index (χ1n) is 8.25. The maximum atomic E-state index is 5.90. The molecule has 5 nitrogen and oxygen atoms in total. The summed E-state index contributed by atoms with van der Waals surface area (Å²) in [5, 5.41) is 6.28. The average molecular weight is 479 g/mol. The standard InChI is InChI=1S/C19H21N5S.HI/c20-19(22-12-9-16-8-4-5-11-21-16)23-13-10-17-14-25-18(24-17)15-6-2-1-3-7-15;/h1-8,11,14H,9-10,12-13H2,(H3,20,22,23);1H. The van der Waals surface area contributed by atoms with E-state index in [1.165, 1.54) is 0 Å². The summed E-state index contributed by atoms with van der Waals surface area (Å²) in [6.45, 7) is 1.35. The summed E-state index contributed by atoms with van der Waals surface area (Å²) in [6.07, 6.45) is 3.40. The highest BCUT2D eigenvalue weighted by Gasteiger charge is 2.04. The Kier molecular flexibility index (Phi) is 8.49. The first-order chi connectivity index (χ1) is 12.3. The van der Waals surface area contributed by atoms with Crippen molar-refractivity contribution in [2.45, 2.75) is 12.8 Å². The van der Waals surface area contributed by atoms with Crippen molar-refractivity contribution in [3.8, 4) is 10.6 Å². The number of nitrogens with zero attached hydrogens (tertiary/aromatic N) is 3. The van der Waals surface area contributed by atoms with Gasteiger partial charge in [0, 0.05) is 48.8 Å². The predicted octanol–water partition coefficient (Wildman–Crippen LogP) is 3.51. The lowest BCUT2D eigenvalue weighted by atomic mass is 10.2. The Hall–Kier alpha value is -2.00. The molecule has 0 fully saturated rings. The molecule has 0 saturated heterocycles. The van der Waals surface area contributed by atoms with Crippen molar-refractivity contribution in [1.29, 1.82) is 0 Å². The molecule has 26 heavy (non-hydrogen) atoms. The molecule has 0 bridgehead atoms. The third-order valence-corrected chi connectivity index (χ3v) is 4.58. The fourth-order valence-electron chi connectivity index (χ4n) is 2.35. The van der Waals surface area contributed by atoms with Crippen LogP contribution < -0.4 is 11.1 Å². The molecule has 2 aromatic heterocycles. The molecule has 136 valence electrons. The molecular weight excluding hydrogens is 457 g/mol. The third-order valence-electron chi connectivity index (χ3n) is 3.64. The number of aliphatic imine (C=N–C) groups is 1. The van der Waals surface area contributed by atoms with E-state index in [0.717, 1.165) is 41.3 Å². The van der Waals surface area contributed by atoms with Gasteiger partial charge in [-0.3, -0.25) is 9.98 Å². The fraction of sp³-hybridized carbons (Fsp3) is 0.211. The summed E-state index contributed by atoms with van der Waals surface area (Å²) in [5.74, 6) is 0.467. The second-order valence-electron chi connectivity index (χ2n) is 5.52. The molecule has 0 spiro atoms. The Morgan fingerprint density at radius 1 is 1.04 bits per heavy atom. The highest BCUT2D eigenvalue weighted by Crippen LogP contribution is 2.23. The number of guanidine groups is 1. The van der Waals surface area contributed by atoms with Crippen molar-refractivity contribution in [2.75, 3.05) is 13.1 Å². The van der Waals surface area contributed by atoms with Gasteiger partial charge in [0.05, 0.1) is 5.69 Å². The van der Waals surface area contributed by atoms with Crippen molar-refractivity contribution in [3.63, 3.8) is 0 Å². The second kappa shape index (κ2) is 10.9. The number of rotatable bonds is 7. The normalized spacial score (nSPS) is 11.0. The summed E-state index contributed by atoms with van der Waals surface area (Å²) >= 11 is 1.67. The van der Waals surface area contributed by atoms with E-state index in [1.54, 1.807) is 17.5 Å². The smallest absolute Gasteiger partial charge is 0.188 e. The van der Waals surface area contributed by atoms with Gasteiger partial charge in [0.2, 0.25) is 0 Å². The lowest BCUT2D eigenvalue weighted by molar-refractivity contribution is 0.827. The van der Waals surface area contributed by atoms with Gasteiger partial charge < -0.3 is 11.1 Å². The Bertz CT molecular complexity index is 805. The molecule has 2 heterocycles.